The molecule has 3 rings (SSSR count). The van der Waals surface area contributed by atoms with E-state index >= 15 is 0 Å². The van der Waals surface area contributed by atoms with Crippen LogP contribution < -0.4 is 25.8 Å². The number of fused-ring (bicyclic) bond motifs is 1. The maximum Gasteiger partial charge on any atom is 0.312 e. The number of benzene rings is 2. The summed E-state index contributed by atoms with van der Waals surface area (Å²) in [4.78, 5) is 23.6. The SMILES string of the molecule is NC(=O)NC(CC(=O)NCCc1ccc2c(c1)OCCO2)c1ccc(Cl)cc1. The molecule has 2 aromatic carbocycles. The number of carbonyl (C=O) groups excluding carboxylic acids is 2. The van der Waals surface area contributed by atoms with Gasteiger partial charge in [0.25, 0.3) is 0 Å². The van der Waals surface area contributed by atoms with Gasteiger partial charge in [0, 0.05) is 11.6 Å². The van der Waals surface area contributed by atoms with Gasteiger partial charge in [-0.15, -0.1) is 0 Å². The van der Waals surface area contributed by atoms with Crippen molar-refractivity contribution in [1.29, 1.82) is 0 Å². The predicted molar refractivity (Wildman–Crippen MR) is 106 cm³/mol. The van der Waals surface area contributed by atoms with Crippen molar-refractivity contribution in [3.05, 3.63) is 58.6 Å². The molecular formula is C20H22ClN3O4. The molecule has 28 heavy (non-hydrogen) atoms. The molecule has 0 saturated carbocycles. The van der Waals surface area contributed by atoms with Crippen molar-refractivity contribution in [2.75, 3.05) is 19.8 Å². The number of ether oxygens (including phenoxy) is 2. The number of urea groups is 1. The Hall–Kier alpha value is -2.93. The van der Waals surface area contributed by atoms with E-state index in [1.807, 2.05) is 18.2 Å². The summed E-state index contributed by atoms with van der Waals surface area (Å²) in [5.74, 6) is 1.28. The summed E-state index contributed by atoms with van der Waals surface area (Å²) >= 11 is 5.89. The number of nitrogens with one attached hydrogen (secondary N) is 2. The summed E-state index contributed by atoms with van der Waals surface area (Å²) in [6.07, 6.45) is 0.725. The van der Waals surface area contributed by atoms with Crippen LogP contribution >= 0.6 is 11.6 Å². The molecule has 7 nitrogen and oxygen atoms in total. The predicted octanol–water partition coefficient (Wildman–Crippen LogP) is 2.57. The maximum absolute atomic E-state index is 12.3. The number of halogens is 1. The van der Waals surface area contributed by atoms with E-state index in [9.17, 15) is 9.59 Å². The standard InChI is InChI=1S/C20H22ClN3O4/c21-15-4-2-14(3-5-15)16(24-20(22)26)12-19(25)23-8-7-13-1-6-17-18(11-13)28-10-9-27-17/h1-6,11,16H,7-10,12H2,(H,23,25)(H3,22,24,26). The van der Waals surface area contributed by atoms with Gasteiger partial charge in [-0.25, -0.2) is 4.79 Å². The number of primary amides is 1. The molecule has 1 heterocycles. The van der Waals surface area contributed by atoms with Crippen LogP contribution in [-0.2, 0) is 11.2 Å². The molecule has 1 unspecified atom stereocenters. The highest BCUT2D eigenvalue weighted by atomic mass is 35.5. The monoisotopic (exact) mass is 403 g/mol. The Kier molecular flexibility index (Phi) is 6.60. The Bertz CT molecular complexity index is 842. The van der Waals surface area contributed by atoms with E-state index < -0.39 is 12.1 Å². The van der Waals surface area contributed by atoms with Crippen LogP contribution in [0.1, 0.15) is 23.6 Å². The zero-order chi connectivity index (χ0) is 19.9. The second kappa shape index (κ2) is 9.32. The lowest BCUT2D eigenvalue weighted by Crippen LogP contribution is -2.37. The van der Waals surface area contributed by atoms with Gasteiger partial charge in [0.1, 0.15) is 13.2 Å². The van der Waals surface area contributed by atoms with E-state index in [0.717, 1.165) is 22.6 Å². The van der Waals surface area contributed by atoms with Gasteiger partial charge in [-0.3, -0.25) is 4.79 Å². The molecule has 0 bridgehead atoms. The third-order valence-electron chi connectivity index (χ3n) is 4.32. The molecule has 0 aromatic heterocycles. The van der Waals surface area contributed by atoms with E-state index in [4.69, 9.17) is 26.8 Å². The van der Waals surface area contributed by atoms with E-state index in [2.05, 4.69) is 10.6 Å². The number of rotatable bonds is 7. The quantitative estimate of drug-likeness (QED) is 0.661. The van der Waals surface area contributed by atoms with E-state index in [1.54, 1.807) is 24.3 Å². The molecule has 0 saturated heterocycles. The fraction of sp³-hybridized carbons (Fsp3) is 0.300. The Morgan fingerprint density at radius 2 is 1.79 bits per heavy atom. The highest BCUT2D eigenvalue weighted by molar-refractivity contribution is 6.30. The van der Waals surface area contributed by atoms with Crippen LogP contribution in [0, 0.1) is 0 Å². The van der Waals surface area contributed by atoms with Gasteiger partial charge < -0.3 is 25.8 Å². The van der Waals surface area contributed by atoms with Crippen molar-refractivity contribution in [1.82, 2.24) is 10.6 Å². The van der Waals surface area contributed by atoms with Crippen molar-refractivity contribution in [2.45, 2.75) is 18.9 Å². The second-order valence-corrected chi connectivity index (χ2v) is 6.83. The minimum atomic E-state index is -0.691. The minimum Gasteiger partial charge on any atom is -0.486 e. The Morgan fingerprint density at radius 3 is 2.50 bits per heavy atom. The first kappa shape index (κ1) is 19.8. The molecule has 2 aromatic rings. The van der Waals surface area contributed by atoms with Crippen molar-refractivity contribution in [3.63, 3.8) is 0 Å². The van der Waals surface area contributed by atoms with E-state index in [1.165, 1.54) is 0 Å². The molecule has 1 aliphatic rings. The first-order chi connectivity index (χ1) is 13.5. The van der Waals surface area contributed by atoms with Crippen LogP contribution in [0.15, 0.2) is 42.5 Å². The van der Waals surface area contributed by atoms with Gasteiger partial charge in [-0.1, -0.05) is 29.8 Å². The molecule has 0 fully saturated rings. The van der Waals surface area contributed by atoms with Crippen molar-refractivity contribution in [3.8, 4) is 11.5 Å². The van der Waals surface area contributed by atoms with E-state index in [-0.39, 0.29) is 12.3 Å². The fourth-order valence-corrected chi connectivity index (χ4v) is 3.09. The summed E-state index contributed by atoms with van der Waals surface area (Å²) in [5.41, 5.74) is 7.03. The largest absolute Gasteiger partial charge is 0.486 e. The average Bonchev–Trinajstić information content (AvgIpc) is 2.67. The van der Waals surface area contributed by atoms with Crippen molar-refractivity contribution in [2.24, 2.45) is 5.73 Å². The van der Waals surface area contributed by atoms with Gasteiger partial charge in [0.2, 0.25) is 5.91 Å². The lowest BCUT2D eigenvalue weighted by molar-refractivity contribution is -0.121. The molecule has 1 atom stereocenters. The van der Waals surface area contributed by atoms with Gasteiger partial charge in [-0.2, -0.15) is 0 Å². The number of hydrogen-bond donors (Lipinski definition) is 3. The number of amides is 3. The molecule has 3 amide bonds. The zero-order valence-corrected chi connectivity index (χ0v) is 16.0. The topological polar surface area (TPSA) is 103 Å². The number of hydrogen-bond acceptors (Lipinski definition) is 4. The number of carbonyl (C=O) groups is 2. The highest BCUT2D eigenvalue weighted by Gasteiger charge is 2.17. The summed E-state index contributed by atoms with van der Waals surface area (Å²) in [6.45, 7) is 1.55. The van der Waals surface area contributed by atoms with Crippen LogP contribution in [0.25, 0.3) is 0 Å². The Morgan fingerprint density at radius 1 is 1.07 bits per heavy atom. The molecule has 0 spiro atoms. The maximum atomic E-state index is 12.3. The van der Waals surface area contributed by atoms with Gasteiger partial charge >= 0.3 is 6.03 Å². The van der Waals surface area contributed by atoms with Gasteiger partial charge in [-0.05, 0) is 41.8 Å². The lowest BCUT2D eigenvalue weighted by Gasteiger charge is -2.19. The van der Waals surface area contributed by atoms with Crippen LogP contribution in [0.5, 0.6) is 11.5 Å². The van der Waals surface area contributed by atoms with Crippen molar-refractivity contribution < 1.29 is 19.1 Å². The summed E-state index contributed by atoms with van der Waals surface area (Å²) in [5, 5.41) is 6.03. The third-order valence-corrected chi connectivity index (χ3v) is 4.57. The van der Waals surface area contributed by atoms with E-state index in [0.29, 0.717) is 31.2 Å². The fourth-order valence-electron chi connectivity index (χ4n) is 2.97. The normalized spacial score (nSPS) is 13.5. The zero-order valence-electron chi connectivity index (χ0n) is 15.2. The first-order valence-corrected chi connectivity index (χ1v) is 9.36. The Labute approximate surface area is 168 Å². The summed E-state index contributed by atoms with van der Waals surface area (Å²) < 4.78 is 11.1. The van der Waals surface area contributed by atoms with Crippen LogP contribution in [0.3, 0.4) is 0 Å². The third kappa shape index (κ3) is 5.53. The van der Waals surface area contributed by atoms with Gasteiger partial charge in [0.15, 0.2) is 11.5 Å². The second-order valence-electron chi connectivity index (χ2n) is 6.39. The summed E-state index contributed by atoms with van der Waals surface area (Å²) in [7, 11) is 0. The molecule has 1 aliphatic heterocycles. The van der Waals surface area contributed by atoms with Gasteiger partial charge in [0.05, 0.1) is 12.5 Å². The smallest absolute Gasteiger partial charge is 0.312 e. The van der Waals surface area contributed by atoms with Crippen LogP contribution in [-0.4, -0.2) is 31.7 Å². The van der Waals surface area contributed by atoms with Crippen LogP contribution in [0.2, 0.25) is 5.02 Å². The summed E-state index contributed by atoms with van der Waals surface area (Å²) in [6, 6.07) is 11.4. The average molecular weight is 404 g/mol. The first-order valence-electron chi connectivity index (χ1n) is 8.98. The molecule has 4 N–H and O–H groups in total. The molecule has 0 radical (unpaired) electrons. The lowest BCUT2D eigenvalue weighted by atomic mass is 10.0. The molecule has 148 valence electrons. The molecule has 0 aliphatic carbocycles. The highest BCUT2D eigenvalue weighted by Crippen LogP contribution is 2.30. The molecule has 8 heteroatoms. The minimum absolute atomic E-state index is 0.0751. The molecular weight excluding hydrogens is 382 g/mol. The van der Waals surface area contributed by atoms with Crippen molar-refractivity contribution >= 4 is 23.5 Å². The number of nitrogens with two attached hydrogens (primary N) is 1. The van der Waals surface area contributed by atoms with Crippen LogP contribution in [0.4, 0.5) is 4.79 Å². The Balaban J connectivity index is 1.53.